The van der Waals surface area contributed by atoms with Crippen LogP contribution in [-0.4, -0.2) is 10.9 Å². The smallest absolute Gasteiger partial charge is 0.301 e. The lowest BCUT2D eigenvalue weighted by atomic mass is 10.3. The fourth-order valence-electron chi connectivity index (χ4n) is 0.832. The molecule has 5 heteroatoms. The SMILES string of the molecule is Cc1cc(NC(=O)C#CBr)cnc1Br. The molecule has 0 saturated heterocycles. The largest absolute Gasteiger partial charge is 0.314 e. The minimum atomic E-state index is -0.370. The molecular weight excluding hydrogens is 312 g/mol. The Labute approximate surface area is 98.6 Å². The van der Waals surface area contributed by atoms with Gasteiger partial charge in [0, 0.05) is 21.9 Å². The summed E-state index contributed by atoms with van der Waals surface area (Å²) in [7, 11) is 0. The van der Waals surface area contributed by atoms with E-state index in [-0.39, 0.29) is 5.91 Å². The Morgan fingerprint density at radius 2 is 2.36 bits per heavy atom. The number of nitrogens with zero attached hydrogens (tertiary/aromatic N) is 1. The normalized spacial score (nSPS) is 8.79. The molecule has 0 atom stereocenters. The molecule has 1 N–H and O–H groups in total. The minimum absolute atomic E-state index is 0.370. The zero-order valence-electron chi connectivity index (χ0n) is 7.27. The van der Waals surface area contributed by atoms with Crippen molar-refractivity contribution in [3.8, 4) is 10.8 Å². The van der Waals surface area contributed by atoms with Gasteiger partial charge in [-0.1, -0.05) is 0 Å². The number of anilines is 1. The van der Waals surface area contributed by atoms with Gasteiger partial charge >= 0.3 is 5.91 Å². The average Bonchev–Trinajstić information content (AvgIpc) is 2.12. The number of hydrogen-bond acceptors (Lipinski definition) is 2. The maximum atomic E-state index is 11.1. The van der Waals surface area contributed by atoms with Crippen molar-refractivity contribution in [1.82, 2.24) is 4.98 Å². The Balaban J connectivity index is 2.81. The molecule has 72 valence electrons. The van der Waals surface area contributed by atoms with Crippen LogP contribution in [-0.2, 0) is 4.79 Å². The highest BCUT2D eigenvalue weighted by Crippen LogP contribution is 2.16. The highest BCUT2D eigenvalue weighted by Gasteiger charge is 2.01. The number of hydrogen-bond donors (Lipinski definition) is 1. The molecule has 0 bridgehead atoms. The maximum absolute atomic E-state index is 11.1. The van der Waals surface area contributed by atoms with Crippen molar-refractivity contribution in [2.24, 2.45) is 0 Å². The van der Waals surface area contributed by atoms with Crippen molar-refractivity contribution in [2.75, 3.05) is 5.32 Å². The van der Waals surface area contributed by atoms with Gasteiger partial charge in [-0.2, -0.15) is 0 Å². The second kappa shape index (κ2) is 5.13. The van der Waals surface area contributed by atoms with Gasteiger partial charge in [-0.05, 0) is 39.3 Å². The average molecular weight is 318 g/mol. The van der Waals surface area contributed by atoms with Gasteiger partial charge in [-0.25, -0.2) is 4.98 Å². The van der Waals surface area contributed by atoms with Crippen LogP contribution in [0.1, 0.15) is 5.56 Å². The molecule has 0 aliphatic heterocycles. The number of carbonyl (C=O) groups excluding carboxylic acids is 1. The molecule has 1 aromatic rings. The Morgan fingerprint density at radius 3 is 2.93 bits per heavy atom. The van der Waals surface area contributed by atoms with E-state index in [9.17, 15) is 4.79 Å². The van der Waals surface area contributed by atoms with Gasteiger partial charge < -0.3 is 5.32 Å². The Morgan fingerprint density at radius 1 is 1.64 bits per heavy atom. The Kier molecular flexibility index (Phi) is 4.11. The van der Waals surface area contributed by atoms with E-state index in [1.54, 1.807) is 6.20 Å². The number of pyridine rings is 1. The van der Waals surface area contributed by atoms with Crippen molar-refractivity contribution in [2.45, 2.75) is 6.92 Å². The summed E-state index contributed by atoms with van der Waals surface area (Å²) < 4.78 is 0.766. The van der Waals surface area contributed by atoms with Gasteiger partial charge in [0.1, 0.15) is 4.60 Å². The van der Waals surface area contributed by atoms with E-state index in [0.29, 0.717) is 5.69 Å². The molecule has 0 spiro atoms. The molecule has 14 heavy (non-hydrogen) atoms. The summed E-state index contributed by atoms with van der Waals surface area (Å²) in [6, 6.07) is 1.81. The predicted octanol–water partition coefficient (Wildman–Crippen LogP) is 2.45. The number of nitrogens with one attached hydrogen (secondary N) is 1. The summed E-state index contributed by atoms with van der Waals surface area (Å²) in [5, 5.41) is 2.58. The molecule has 1 amide bonds. The summed E-state index contributed by atoms with van der Waals surface area (Å²) in [5.74, 6) is 1.94. The molecule has 0 fully saturated rings. The van der Waals surface area contributed by atoms with Crippen LogP contribution in [0.2, 0.25) is 0 Å². The lowest BCUT2D eigenvalue weighted by Crippen LogP contribution is -2.08. The highest BCUT2D eigenvalue weighted by molar-refractivity contribution is 9.12. The van der Waals surface area contributed by atoms with Gasteiger partial charge in [0.05, 0.1) is 11.9 Å². The number of carbonyl (C=O) groups is 1. The number of amides is 1. The zero-order valence-corrected chi connectivity index (χ0v) is 10.4. The topological polar surface area (TPSA) is 42.0 Å². The van der Waals surface area contributed by atoms with Crippen LogP contribution >= 0.6 is 31.9 Å². The second-order valence-corrected chi connectivity index (χ2v) is 3.65. The summed E-state index contributed by atoms with van der Waals surface area (Å²) in [6.45, 7) is 1.89. The van der Waals surface area contributed by atoms with Crippen molar-refractivity contribution in [3.05, 3.63) is 22.4 Å². The van der Waals surface area contributed by atoms with Gasteiger partial charge in [0.25, 0.3) is 0 Å². The zero-order chi connectivity index (χ0) is 10.6. The van der Waals surface area contributed by atoms with E-state index in [4.69, 9.17) is 0 Å². The first-order valence-corrected chi connectivity index (χ1v) is 5.27. The van der Waals surface area contributed by atoms with Crippen LogP contribution in [0.4, 0.5) is 5.69 Å². The molecule has 0 aliphatic rings. The summed E-state index contributed by atoms with van der Waals surface area (Å²) >= 11 is 6.11. The van der Waals surface area contributed by atoms with Crippen molar-refractivity contribution in [3.63, 3.8) is 0 Å². The van der Waals surface area contributed by atoms with Gasteiger partial charge in [-0.3, -0.25) is 4.79 Å². The lowest BCUT2D eigenvalue weighted by molar-refractivity contribution is -0.111. The monoisotopic (exact) mass is 316 g/mol. The molecule has 0 saturated carbocycles. The predicted molar refractivity (Wildman–Crippen MR) is 62.0 cm³/mol. The van der Waals surface area contributed by atoms with Gasteiger partial charge in [0.15, 0.2) is 0 Å². The third kappa shape index (κ3) is 3.13. The molecule has 0 aliphatic carbocycles. The van der Waals surface area contributed by atoms with E-state index in [1.165, 1.54) is 0 Å². The summed E-state index contributed by atoms with van der Waals surface area (Å²) in [4.78, 5) is 17.4. The molecule has 3 nitrogen and oxygen atoms in total. The lowest BCUT2D eigenvalue weighted by Gasteiger charge is -2.02. The van der Waals surface area contributed by atoms with Crippen LogP contribution in [0.3, 0.4) is 0 Å². The van der Waals surface area contributed by atoms with E-state index in [2.05, 4.69) is 52.9 Å². The first-order valence-electron chi connectivity index (χ1n) is 3.68. The third-order valence-corrected chi connectivity index (χ3v) is 2.46. The summed E-state index contributed by atoms with van der Waals surface area (Å²) in [5.41, 5.74) is 1.58. The van der Waals surface area contributed by atoms with Gasteiger partial charge in [0.2, 0.25) is 0 Å². The maximum Gasteiger partial charge on any atom is 0.301 e. The van der Waals surface area contributed by atoms with Crippen LogP contribution in [0, 0.1) is 17.7 Å². The molecule has 0 unspecified atom stereocenters. The standard InChI is InChI=1S/C9H6Br2N2O/c1-6-4-7(5-12-9(6)11)13-8(14)2-3-10/h4-5H,1H3,(H,13,14). The van der Waals surface area contributed by atoms with E-state index in [0.717, 1.165) is 10.2 Å². The van der Waals surface area contributed by atoms with E-state index in [1.807, 2.05) is 13.0 Å². The minimum Gasteiger partial charge on any atom is -0.314 e. The van der Waals surface area contributed by atoms with E-state index < -0.39 is 0 Å². The van der Waals surface area contributed by atoms with E-state index >= 15 is 0 Å². The number of halogens is 2. The highest BCUT2D eigenvalue weighted by atomic mass is 79.9. The quantitative estimate of drug-likeness (QED) is 0.638. The first kappa shape index (κ1) is 11.2. The number of rotatable bonds is 1. The van der Waals surface area contributed by atoms with Crippen molar-refractivity contribution >= 4 is 43.5 Å². The van der Waals surface area contributed by atoms with Crippen molar-refractivity contribution in [1.29, 1.82) is 0 Å². The van der Waals surface area contributed by atoms with Gasteiger partial charge in [-0.15, -0.1) is 0 Å². The molecule has 0 radical (unpaired) electrons. The third-order valence-electron chi connectivity index (χ3n) is 1.43. The number of aromatic nitrogens is 1. The Bertz CT molecular complexity index is 421. The molecular formula is C9H6Br2N2O. The van der Waals surface area contributed by atoms with Crippen LogP contribution < -0.4 is 5.32 Å². The fraction of sp³-hybridized carbons (Fsp3) is 0.111. The molecule has 1 rings (SSSR count). The first-order chi connectivity index (χ1) is 6.63. The molecule has 0 aromatic carbocycles. The van der Waals surface area contributed by atoms with Crippen LogP contribution in [0.15, 0.2) is 16.9 Å². The van der Waals surface area contributed by atoms with Crippen LogP contribution in [0.5, 0.6) is 0 Å². The second-order valence-electron chi connectivity index (χ2n) is 2.51. The van der Waals surface area contributed by atoms with Crippen LogP contribution in [0.25, 0.3) is 0 Å². The number of aryl methyl sites for hydroxylation is 1. The molecule has 1 heterocycles. The molecule has 1 aromatic heterocycles. The Hall–Kier alpha value is -0.860. The summed E-state index contributed by atoms with van der Waals surface area (Å²) in [6.07, 6.45) is 1.56. The fourth-order valence-corrected chi connectivity index (χ4v) is 1.23. The van der Waals surface area contributed by atoms with Crippen molar-refractivity contribution < 1.29 is 4.79 Å².